The Balaban J connectivity index is 1.17. The molecule has 0 bridgehead atoms. The molecule has 0 unspecified atom stereocenters. The van der Waals surface area contributed by atoms with Crippen LogP contribution in [0, 0.1) is 10.8 Å². The zero-order chi connectivity index (χ0) is 32.2. The Hall–Kier alpha value is -4.12. The second kappa shape index (κ2) is 13.5. The fraction of sp³-hybridized carbons (Fsp3) is 0.400. The van der Waals surface area contributed by atoms with Gasteiger partial charge >= 0.3 is 0 Å². The summed E-state index contributed by atoms with van der Waals surface area (Å²) in [5, 5.41) is 22.3. The summed E-state index contributed by atoms with van der Waals surface area (Å²) >= 11 is 0. The molecule has 5 nitrogen and oxygen atoms in total. The highest BCUT2D eigenvalue weighted by molar-refractivity contribution is 6.28. The second-order valence-corrected chi connectivity index (χ2v) is 14.4. The van der Waals surface area contributed by atoms with Crippen molar-refractivity contribution >= 4 is 22.4 Å². The maximum atomic E-state index is 8.57. The van der Waals surface area contributed by atoms with Gasteiger partial charge in [-0.25, -0.2) is 0 Å². The molecule has 1 heterocycles. The predicted molar refractivity (Wildman–Crippen MR) is 188 cm³/mol. The van der Waals surface area contributed by atoms with Crippen molar-refractivity contribution in [3.8, 4) is 11.5 Å². The fourth-order valence-electron chi connectivity index (χ4n) is 5.99. The van der Waals surface area contributed by atoms with Gasteiger partial charge in [0, 0.05) is 11.1 Å². The maximum Gasteiger partial charge on any atom is 0.132 e. The van der Waals surface area contributed by atoms with Crippen LogP contribution in [0.1, 0.15) is 101 Å². The molecule has 0 atom stereocenters. The number of fused-ring (bicyclic) bond motifs is 3. The molecule has 5 rings (SSSR count). The van der Waals surface area contributed by atoms with Gasteiger partial charge in [0.25, 0.3) is 0 Å². The van der Waals surface area contributed by atoms with Crippen LogP contribution in [0.15, 0.2) is 72.8 Å². The number of rotatable bonds is 12. The molecule has 45 heavy (non-hydrogen) atoms. The van der Waals surface area contributed by atoms with Crippen LogP contribution in [-0.4, -0.2) is 24.9 Å². The summed E-state index contributed by atoms with van der Waals surface area (Å²) in [5.74, 6) is 2.49. The van der Waals surface area contributed by atoms with Crippen molar-refractivity contribution in [1.82, 2.24) is 5.32 Å². The van der Waals surface area contributed by atoms with Gasteiger partial charge in [0.1, 0.15) is 23.2 Å². The van der Waals surface area contributed by atoms with Crippen LogP contribution in [-0.2, 0) is 23.7 Å². The van der Waals surface area contributed by atoms with E-state index in [1.165, 1.54) is 16.7 Å². The number of hydrogen-bond donors (Lipinski definition) is 3. The summed E-state index contributed by atoms with van der Waals surface area (Å²) in [6, 6.07) is 25.7. The van der Waals surface area contributed by atoms with Gasteiger partial charge in [0.15, 0.2) is 0 Å². The van der Waals surface area contributed by atoms with Crippen molar-refractivity contribution in [2.24, 2.45) is 0 Å². The van der Waals surface area contributed by atoms with Crippen molar-refractivity contribution in [2.45, 2.75) is 90.9 Å². The van der Waals surface area contributed by atoms with E-state index in [2.05, 4.69) is 120 Å². The second-order valence-electron chi connectivity index (χ2n) is 14.4. The predicted octanol–water partition coefficient (Wildman–Crippen LogP) is 9.49. The van der Waals surface area contributed by atoms with E-state index in [0.717, 1.165) is 77.5 Å². The van der Waals surface area contributed by atoms with Gasteiger partial charge in [0.2, 0.25) is 0 Å². The number of nitrogens with one attached hydrogen (secondary N) is 3. The summed E-state index contributed by atoms with van der Waals surface area (Å²) in [6.07, 6.45) is 5.74. The molecular formula is C40H49N3O2. The normalized spacial score (nSPS) is 13.2. The molecule has 5 heteroatoms. The van der Waals surface area contributed by atoms with Crippen molar-refractivity contribution in [3.63, 3.8) is 0 Å². The van der Waals surface area contributed by atoms with Crippen LogP contribution >= 0.6 is 0 Å². The summed E-state index contributed by atoms with van der Waals surface area (Å²) in [7, 11) is 0. The molecule has 0 saturated carbocycles. The molecule has 0 fully saturated rings. The largest absolute Gasteiger partial charge is 0.494 e. The van der Waals surface area contributed by atoms with Gasteiger partial charge in [0.05, 0.1) is 13.2 Å². The molecular weight excluding hydrogens is 554 g/mol. The standard InChI is InChI=1S/C40H49N3O2/c1-39(2,3)30-14-18-32(19-15-30)44-23-9-7-11-27-13-22-34-29(25-27)26-28(35-36(34)38(42)43-37(35)41)12-8-10-24-45-33-20-16-31(17-21-33)40(4,5)6/h13-22,25-26H,7-12,23-24H2,1-6H3,(H3,41,42,43). The lowest BCUT2D eigenvalue weighted by atomic mass is 9.87. The van der Waals surface area contributed by atoms with Gasteiger partial charge in [-0.15, -0.1) is 0 Å². The lowest BCUT2D eigenvalue weighted by Crippen LogP contribution is -2.20. The topological polar surface area (TPSA) is 78.2 Å². The smallest absolute Gasteiger partial charge is 0.132 e. The van der Waals surface area contributed by atoms with Gasteiger partial charge in [-0.05, 0) is 107 Å². The van der Waals surface area contributed by atoms with Crippen LogP contribution in [0.2, 0.25) is 0 Å². The third kappa shape index (κ3) is 7.94. The number of benzene rings is 4. The number of hydrogen-bond acceptors (Lipinski definition) is 4. The quantitative estimate of drug-likeness (QED) is 0.141. The Kier molecular flexibility index (Phi) is 9.67. The molecule has 3 N–H and O–H groups in total. The van der Waals surface area contributed by atoms with E-state index in [1.54, 1.807) is 0 Å². The Morgan fingerprint density at radius 3 is 1.62 bits per heavy atom. The molecule has 0 aromatic heterocycles. The number of aryl methyl sites for hydroxylation is 2. The summed E-state index contributed by atoms with van der Waals surface area (Å²) in [6.45, 7) is 14.7. The van der Waals surface area contributed by atoms with E-state index >= 15 is 0 Å². The highest BCUT2D eigenvalue weighted by Crippen LogP contribution is 2.32. The SMILES string of the molecule is CC(C)(C)c1ccc(OCCCCc2ccc3c4c(c(CCCCOc5ccc(C(C)(C)C)cc5)cc3c2)C(=N)NC4=N)cc1. The summed E-state index contributed by atoms with van der Waals surface area (Å²) < 4.78 is 12.0. The van der Waals surface area contributed by atoms with Crippen LogP contribution < -0.4 is 14.8 Å². The first-order valence-electron chi connectivity index (χ1n) is 16.4. The van der Waals surface area contributed by atoms with E-state index in [0.29, 0.717) is 24.9 Å². The molecule has 0 spiro atoms. The lowest BCUT2D eigenvalue weighted by Gasteiger charge is -2.19. The van der Waals surface area contributed by atoms with Gasteiger partial charge in [-0.1, -0.05) is 90.1 Å². The minimum absolute atomic E-state index is 0.132. The van der Waals surface area contributed by atoms with E-state index in [1.807, 2.05) is 0 Å². The molecule has 1 aliphatic heterocycles. The van der Waals surface area contributed by atoms with Gasteiger partial charge < -0.3 is 14.8 Å². The molecule has 0 saturated heterocycles. The van der Waals surface area contributed by atoms with E-state index in [9.17, 15) is 0 Å². The zero-order valence-electron chi connectivity index (χ0n) is 27.9. The molecule has 4 aromatic carbocycles. The summed E-state index contributed by atoms with van der Waals surface area (Å²) in [4.78, 5) is 0. The molecule has 0 amide bonds. The average Bonchev–Trinajstić information content (AvgIpc) is 3.30. The molecule has 236 valence electrons. The number of ether oxygens (including phenoxy) is 2. The Morgan fingerprint density at radius 2 is 1.09 bits per heavy atom. The number of amidine groups is 2. The highest BCUT2D eigenvalue weighted by Gasteiger charge is 2.27. The van der Waals surface area contributed by atoms with E-state index < -0.39 is 0 Å². The Labute approximate surface area is 269 Å². The first-order chi connectivity index (χ1) is 21.4. The highest BCUT2D eigenvalue weighted by atomic mass is 16.5. The van der Waals surface area contributed by atoms with E-state index in [-0.39, 0.29) is 10.8 Å². The van der Waals surface area contributed by atoms with Gasteiger partial charge in [-0.3, -0.25) is 10.8 Å². The minimum atomic E-state index is 0.132. The molecule has 1 aliphatic rings. The van der Waals surface area contributed by atoms with Crippen molar-refractivity contribution < 1.29 is 9.47 Å². The monoisotopic (exact) mass is 603 g/mol. The van der Waals surface area contributed by atoms with Crippen molar-refractivity contribution in [2.75, 3.05) is 13.2 Å². The first-order valence-corrected chi connectivity index (χ1v) is 16.4. The first kappa shape index (κ1) is 32.3. The van der Waals surface area contributed by atoms with Gasteiger partial charge in [-0.2, -0.15) is 0 Å². The summed E-state index contributed by atoms with van der Waals surface area (Å²) in [5.41, 5.74) is 7.06. The van der Waals surface area contributed by atoms with Crippen LogP contribution in [0.25, 0.3) is 10.8 Å². The Morgan fingerprint density at radius 1 is 0.578 bits per heavy atom. The molecule has 0 aliphatic carbocycles. The van der Waals surface area contributed by atoms with E-state index in [4.69, 9.17) is 20.3 Å². The lowest BCUT2D eigenvalue weighted by molar-refractivity contribution is 0.306. The molecule has 0 radical (unpaired) electrons. The fourth-order valence-corrected chi connectivity index (χ4v) is 5.99. The number of unbranched alkanes of at least 4 members (excludes halogenated alkanes) is 2. The minimum Gasteiger partial charge on any atom is -0.494 e. The Bertz CT molecular complexity index is 1660. The van der Waals surface area contributed by atoms with Crippen LogP contribution in [0.5, 0.6) is 11.5 Å². The van der Waals surface area contributed by atoms with Crippen molar-refractivity contribution in [3.05, 3.63) is 106 Å². The molecule has 4 aromatic rings. The maximum absolute atomic E-state index is 8.57. The van der Waals surface area contributed by atoms with Crippen LogP contribution in [0.3, 0.4) is 0 Å². The van der Waals surface area contributed by atoms with Crippen molar-refractivity contribution in [1.29, 1.82) is 10.8 Å². The average molecular weight is 604 g/mol. The third-order valence-corrected chi connectivity index (χ3v) is 8.71. The third-order valence-electron chi connectivity index (χ3n) is 8.71. The zero-order valence-corrected chi connectivity index (χ0v) is 27.9. The van der Waals surface area contributed by atoms with Crippen LogP contribution in [0.4, 0.5) is 0 Å².